The van der Waals surface area contributed by atoms with Gasteiger partial charge >= 0.3 is 0 Å². The Morgan fingerprint density at radius 1 is 1.09 bits per heavy atom. The summed E-state index contributed by atoms with van der Waals surface area (Å²) in [6, 6.07) is 14.9. The Labute approximate surface area is 205 Å². The molecule has 0 saturated carbocycles. The molecule has 0 bridgehead atoms. The number of hydrogen-bond acceptors (Lipinski definition) is 3. The number of aryl methyl sites for hydroxylation is 1. The summed E-state index contributed by atoms with van der Waals surface area (Å²) >= 11 is 0. The van der Waals surface area contributed by atoms with Crippen molar-refractivity contribution in [3.63, 3.8) is 0 Å². The average molecular weight is 473 g/mol. The molecule has 1 saturated heterocycles. The lowest BCUT2D eigenvalue weighted by Gasteiger charge is -2.41. The highest BCUT2D eigenvalue weighted by atomic mass is 16.2. The van der Waals surface area contributed by atoms with Crippen LogP contribution in [0.5, 0.6) is 0 Å². The summed E-state index contributed by atoms with van der Waals surface area (Å²) in [5.74, 6) is -0.160. The Morgan fingerprint density at radius 3 is 2.49 bits per heavy atom. The van der Waals surface area contributed by atoms with Crippen LogP contribution in [0.2, 0.25) is 0 Å². The first-order valence-corrected chi connectivity index (χ1v) is 12.4. The van der Waals surface area contributed by atoms with Crippen molar-refractivity contribution >= 4 is 29.1 Å². The van der Waals surface area contributed by atoms with Crippen molar-refractivity contribution < 1.29 is 14.4 Å². The van der Waals surface area contributed by atoms with Crippen molar-refractivity contribution in [3.05, 3.63) is 70.9 Å². The molecule has 2 aliphatic heterocycles. The zero-order valence-electron chi connectivity index (χ0n) is 20.5. The summed E-state index contributed by atoms with van der Waals surface area (Å²) < 4.78 is 0. The number of nitrogens with one attached hydrogen (secondary N) is 1. The molecule has 3 heterocycles. The minimum Gasteiger partial charge on any atom is -0.358 e. The fourth-order valence-corrected chi connectivity index (χ4v) is 5.66. The van der Waals surface area contributed by atoms with Gasteiger partial charge in [-0.1, -0.05) is 56.7 Å². The second kappa shape index (κ2) is 9.21. The highest BCUT2D eigenvalue weighted by Crippen LogP contribution is 2.45. The molecule has 3 amide bonds. The number of rotatable bonds is 6. The fraction of sp³-hybridized carbons (Fsp3) is 0.393. The summed E-state index contributed by atoms with van der Waals surface area (Å²) in [4.78, 5) is 48.1. The fourth-order valence-electron chi connectivity index (χ4n) is 5.66. The Hall–Kier alpha value is -3.61. The smallest absolute Gasteiger partial charge is 0.255 e. The third-order valence-electron chi connectivity index (χ3n) is 7.73. The summed E-state index contributed by atoms with van der Waals surface area (Å²) in [7, 11) is 0. The molecule has 3 atom stereocenters. The lowest BCUT2D eigenvalue weighted by molar-refractivity contribution is -0.141. The van der Waals surface area contributed by atoms with Crippen LogP contribution in [-0.4, -0.2) is 70.1 Å². The van der Waals surface area contributed by atoms with E-state index in [0.29, 0.717) is 31.7 Å². The van der Waals surface area contributed by atoms with Crippen LogP contribution in [0.1, 0.15) is 53.5 Å². The molecule has 1 aromatic heterocycles. The van der Waals surface area contributed by atoms with E-state index in [9.17, 15) is 14.4 Å². The van der Waals surface area contributed by atoms with E-state index in [0.717, 1.165) is 40.6 Å². The molecule has 0 radical (unpaired) electrons. The predicted octanol–water partition coefficient (Wildman–Crippen LogP) is 3.74. The van der Waals surface area contributed by atoms with E-state index >= 15 is 0 Å². The molecule has 0 aliphatic carbocycles. The van der Waals surface area contributed by atoms with Gasteiger partial charge in [-0.25, -0.2) is 0 Å². The molecule has 7 heteroatoms. The molecule has 3 unspecified atom stereocenters. The lowest BCUT2D eigenvalue weighted by Crippen LogP contribution is -2.57. The monoisotopic (exact) mass is 472 g/mol. The summed E-state index contributed by atoms with van der Waals surface area (Å²) in [5.41, 5.74) is 4.67. The number of carbonyl (C=O) groups excluding carboxylic acids is 3. The van der Waals surface area contributed by atoms with Crippen molar-refractivity contribution in [2.75, 3.05) is 26.2 Å². The maximum absolute atomic E-state index is 14.1. The third-order valence-corrected chi connectivity index (χ3v) is 7.73. The van der Waals surface area contributed by atoms with Crippen molar-refractivity contribution in [2.24, 2.45) is 5.92 Å². The number of piperazine rings is 1. The average Bonchev–Trinajstić information content (AvgIpc) is 3.37. The van der Waals surface area contributed by atoms with E-state index in [1.165, 1.54) is 0 Å². The number of amides is 3. The van der Waals surface area contributed by atoms with Gasteiger partial charge in [-0.05, 0) is 30.5 Å². The highest BCUT2D eigenvalue weighted by Gasteiger charge is 2.47. The van der Waals surface area contributed by atoms with Crippen LogP contribution in [0, 0.1) is 12.8 Å². The van der Waals surface area contributed by atoms with Gasteiger partial charge in [0.1, 0.15) is 6.04 Å². The van der Waals surface area contributed by atoms with E-state index in [2.05, 4.69) is 24.9 Å². The molecule has 1 fully saturated rings. The van der Waals surface area contributed by atoms with Gasteiger partial charge in [0.15, 0.2) is 0 Å². The van der Waals surface area contributed by atoms with Crippen LogP contribution in [0.25, 0.3) is 10.9 Å². The van der Waals surface area contributed by atoms with Gasteiger partial charge in [0, 0.05) is 53.9 Å². The van der Waals surface area contributed by atoms with Crippen molar-refractivity contribution in [2.45, 2.75) is 39.3 Å². The Bertz CT molecular complexity index is 1270. The quantitative estimate of drug-likeness (QED) is 0.556. The van der Waals surface area contributed by atoms with Crippen molar-refractivity contribution in [1.29, 1.82) is 0 Å². The molecule has 7 nitrogen and oxygen atoms in total. The number of carbonyl (C=O) groups is 3. The summed E-state index contributed by atoms with van der Waals surface area (Å²) in [6.07, 6.45) is 1.61. The van der Waals surface area contributed by atoms with Gasteiger partial charge in [-0.15, -0.1) is 0 Å². The van der Waals surface area contributed by atoms with E-state index in [1.54, 1.807) is 4.90 Å². The summed E-state index contributed by atoms with van der Waals surface area (Å²) in [5, 5.41) is 1.07. The van der Waals surface area contributed by atoms with Crippen LogP contribution in [0.15, 0.2) is 48.5 Å². The molecule has 3 aromatic rings. The van der Waals surface area contributed by atoms with E-state index in [4.69, 9.17) is 0 Å². The second-order valence-corrected chi connectivity index (χ2v) is 9.71. The van der Waals surface area contributed by atoms with Gasteiger partial charge in [0.2, 0.25) is 12.3 Å². The Kier molecular flexibility index (Phi) is 6.09. The lowest BCUT2D eigenvalue weighted by atomic mass is 9.91. The zero-order valence-corrected chi connectivity index (χ0v) is 20.5. The standard InChI is InChI=1S/C28H32N4O3/c1-4-18(2)25(28(35)31-15-13-30(17-33)14-16-31)32-26(20-9-5-6-10-21(20)27(32)34)24-19(3)29-23-12-8-7-11-22(23)24/h5-12,17-18,25-26,29H,4,13-16H2,1-3H3. The Morgan fingerprint density at radius 2 is 1.77 bits per heavy atom. The van der Waals surface area contributed by atoms with Crippen molar-refractivity contribution in [1.82, 2.24) is 19.7 Å². The van der Waals surface area contributed by atoms with E-state index in [-0.39, 0.29) is 23.8 Å². The van der Waals surface area contributed by atoms with Gasteiger partial charge in [0.05, 0.1) is 6.04 Å². The van der Waals surface area contributed by atoms with Gasteiger partial charge < -0.3 is 19.7 Å². The van der Waals surface area contributed by atoms with Crippen LogP contribution < -0.4 is 0 Å². The van der Waals surface area contributed by atoms with Crippen molar-refractivity contribution in [3.8, 4) is 0 Å². The first kappa shape index (κ1) is 23.1. The van der Waals surface area contributed by atoms with E-state index < -0.39 is 6.04 Å². The topological polar surface area (TPSA) is 76.7 Å². The highest BCUT2D eigenvalue weighted by molar-refractivity contribution is 6.03. The number of aromatic amines is 1. The number of benzene rings is 2. The number of para-hydroxylation sites is 1. The van der Waals surface area contributed by atoms with Gasteiger partial charge in [-0.2, -0.15) is 0 Å². The molecule has 2 aliphatic rings. The molecular weight excluding hydrogens is 440 g/mol. The number of hydrogen-bond donors (Lipinski definition) is 1. The zero-order chi connectivity index (χ0) is 24.7. The van der Waals surface area contributed by atoms with Crippen LogP contribution in [-0.2, 0) is 9.59 Å². The molecule has 0 spiro atoms. The SMILES string of the molecule is CCC(C)C(C(=O)N1CCN(C=O)CC1)N1C(=O)c2ccccc2C1c1c(C)[nH]c2ccccc12. The minimum absolute atomic E-state index is 0.0297. The molecular formula is C28H32N4O3. The van der Waals surface area contributed by atoms with Gasteiger partial charge in [0.25, 0.3) is 5.91 Å². The van der Waals surface area contributed by atoms with E-state index in [1.807, 2.05) is 59.2 Å². The number of fused-ring (bicyclic) bond motifs is 2. The maximum atomic E-state index is 14.1. The number of H-pyrrole nitrogens is 1. The Balaban J connectivity index is 1.63. The molecule has 182 valence electrons. The number of nitrogens with zero attached hydrogens (tertiary/aromatic N) is 3. The van der Waals surface area contributed by atoms with Gasteiger partial charge in [-0.3, -0.25) is 14.4 Å². The maximum Gasteiger partial charge on any atom is 0.255 e. The minimum atomic E-state index is -0.597. The molecule has 2 aromatic carbocycles. The molecule has 1 N–H and O–H groups in total. The van der Waals surface area contributed by atoms with Crippen LogP contribution in [0.3, 0.4) is 0 Å². The third kappa shape index (κ3) is 3.79. The van der Waals surface area contributed by atoms with Crippen LogP contribution in [0.4, 0.5) is 0 Å². The number of aromatic nitrogens is 1. The molecule has 35 heavy (non-hydrogen) atoms. The summed E-state index contributed by atoms with van der Waals surface area (Å²) in [6.45, 7) is 8.15. The largest absolute Gasteiger partial charge is 0.358 e. The van der Waals surface area contributed by atoms with Crippen LogP contribution >= 0.6 is 0 Å². The normalized spacial score (nSPS) is 19.7. The molecule has 5 rings (SSSR count). The predicted molar refractivity (Wildman–Crippen MR) is 135 cm³/mol. The first-order chi connectivity index (χ1) is 17.0. The first-order valence-electron chi connectivity index (χ1n) is 12.4. The second-order valence-electron chi connectivity index (χ2n) is 9.71.